The molecule has 0 aliphatic heterocycles. The van der Waals surface area contributed by atoms with Crippen molar-refractivity contribution in [2.24, 2.45) is 12.8 Å². The molecular weight excluding hydrogens is 242 g/mol. The SMILES string of the molecule is Cc1nn(C)c2c(Br)cc(CN)cc12. The Morgan fingerprint density at radius 1 is 1.50 bits per heavy atom. The number of nitrogens with zero attached hydrogens (tertiary/aromatic N) is 2. The van der Waals surface area contributed by atoms with Crippen LogP contribution >= 0.6 is 15.9 Å². The van der Waals surface area contributed by atoms with Gasteiger partial charge in [0.25, 0.3) is 0 Å². The van der Waals surface area contributed by atoms with E-state index in [1.54, 1.807) is 0 Å². The number of aromatic nitrogens is 2. The lowest BCUT2D eigenvalue weighted by Crippen LogP contribution is -1.96. The molecule has 74 valence electrons. The van der Waals surface area contributed by atoms with Gasteiger partial charge in [-0.25, -0.2) is 0 Å². The van der Waals surface area contributed by atoms with Crippen molar-refractivity contribution in [1.82, 2.24) is 9.78 Å². The molecule has 0 atom stereocenters. The zero-order chi connectivity index (χ0) is 10.3. The lowest BCUT2D eigenvalue weighted by Gasteiger charge is -2.01. The second-order valence-corrected chi connectivity index (χ2v) is 4.24. The molecule has 0 radical (unpaired) electrons. The molecule has 0 unspecified atom stereocenters. The van der Waals surface area contributed by atoms with Crippen LogP contribution < -0.4 is 5.73 Å². The Bertz CT molecular complexity index is 488. The quantitative estimate of drug-likeness (QED) is 0.846. The third-order valence-electron chi connectivity index (χ3n) is 2.37. The highest BCUT2D eigenvalue weighted by atomic mass is 79.9. The highest BCUT2D eigenvalue weighted by molar-refractivity contribution is 9.10. The van der Waals surface area contributed by atoms with Gasteiger partial charge < -0.3 is 5.73 Å². The second kappa shape index (κ2) is 3.37. The van der Waals surface area contributed by atoms with Gasteiger partial charge in [0.05, 0.1) is 11.2 Å². The third kappa shape index (κ3) is 1.35. The largest absolute Gasteiger partial charge is 0.326 e. The van der Waals surface area contributed by atoms with Crippen LogP contribution in [0.1, 0.15) is 11.3 Å². The van der Waals surface area contributed by atoms with Gasteiger partial charge in [-0.15, -0.1) is 0 Å². The fourth-order valence-electron chi connectivity index (χ4n) is 1.71. The normalized spacial score (nSPS) is 11.1. The number of hydrogen-bond donors (Lipinski definition) is 1. The highest BCUT2D eigenvalue weighted by Crippen LogP contribution is 2.27. The van der Waals surface area contributed by atoms with Crippen LogP contribution in [0.5, 0.6) is 0 Å². The Labute approximate surface area is 91.0 Å². The zero-order valence-corrected chi connectivity index (χ0v) is 9.80. The van der Waals surface area contributed by atoms with Crippen LogP contribution in [0.25, 0.3) is 10.9 Å². The summed E-state index contributed by atoms with van der Waals surface area (Å²) in [5.74, 6) is 0. The number of nitrogens with two attached hydrogens (primary N) is 1. The number of fused-ring (bicyclic) bond motifs is 1. The summed E-state index contributed by atoms with van der Waals surface area (Å²) in [6.07, 6.45) is 0. The molecule has 3 nitrogen and oxygen atoms in total. The Morgan fingerprint density at radius 3 is 2.86 bits per heavy atom. The lowest BCUT2D eigenvalue weighted by molar-refractivity contribution is 0.782. The first kappa shape index (κ1) is 9.68. The van der Waals surface area contributed by atoms with Gasteiger partial charge in [-0.05, 0) is 40.5 Å². The van der Waals surface area contributed by atoms with Gasteiger partial charge >= 0.3 is 0 Å². The topological polar surface area (TPSA) is 43.8 Å². The van der Waals surface area contributed by atoms with Crippen molar-refractivity contribution < 1.29 is 0 Å². The summed E-state index contributed by atoms with van der Waals surface area (Å²) in [6.45, 7) is 2.57. The van der Waals surface area contributed by atoms with Crippen LogP contribution in [0.4, 0.5) is 0 Å². The predicted octanol–water partition coefficient (Wildman–Crippen LogP) is 2.10. The highest BCUT2D eigenvalue weighted by Gasteiger charge is 2.09. The molecule has 0 aliphatic carbocycles. The van der Waals surface area contributed by atoms with Crippen LogP contribution in [0, 0.1) is 6.92 Å². The summed E-state index contributed by atoms with van der Waals surface area (Å²) in [4.78, 5) is 0. The average molecular weight is 254 g/mol. The molecule has 0 fully saturated rings. The molecule has 1 heterocycles. The maximum absolute atomic E-state index is 5.62. The van der Waals surface area contributed by atoms with Crippen LogP contribution in [-0.2, 0) is 13.6 Å². The Morgan fingerprint density at radius 2 is 2.21 bits per heavy atom. The van der Waals surface area contributed by atoms with Crippen molar-refractivity contribution in [2.75, 3.05) is 0 Å². The molecule has 1 aromatic carbocycles. The first-order chi connectivity index (χ1) is 6.63. The summed E-state index contributed by atoms with van der Waals surface area (Å²) >= 11 is 3.54. The summed E-state index contributed by atoms with van der Waals surface area (Å²) in [5.41, 5.74) is 8.91. The number of aryl methyl sites for hydroxylation is 2. The van der Waals surface area contributed by atoms with Crippen LogP contribution in [0.3, 0.4) is 0 Å². The van der Waals surface area contributed by atoms with Crippen molar-refractivity contribution in [1.29, 1.82) is 0 Å². The van der Waals surface area contributed by atoms with E-state index in [2.05, 4.69) is 27.1 Å². The van der Waals surface area contributed by atoms with Gasteiger partial charge in [-0.3, -0.25) is 4.68 Å². The van der Waals surface area contributed by atoms with Crippen molar-refractivity contribution in [2.45, 2.75) is 13.5 Å². The third-order valence-corrected chi connectivity index (χ3v) is 2.98. The molecule has 2 N–H and O–H groups in total. The van der Waals surface area contributed by atoms with Gasteiger partial charge in [0.2, 0.25) is 0 Å². The molecule has 2 aromatic rings. The molecule has 0 bridgehead atoms. The lowest BCUT2D eigenvalue weighted by atomic mass is 10.1. The number of hydrogen-bond acceptors (Lipinski definition) is 2. The van der Waals surface area contributed by atoms with E-state index in [-0.39, 0.29) is 0 Å². The molecule has 0 aliphatic rings. The van der Waals surface area contributed by atoms with Gasteiger partial charge in [0.1, 0.15) is 0 Å². The van der Waals surface area contributed by atoms with Crippen LogP contribution in [0.2, 0.25) is 0 Å². The molecular formula is C10H12BrN3. The molecule has 1 aromatic heterocycles. The van der Waals surface area contributed by atoms with E-state index in [1.807, 2.05) is 24.7 Å². The van der Waals surface area contributed by atoms with E-state index in [9.17, 15) is 0 Å². The van der Waals surface area contributed by atoms with Gasteiger partial charge in [0.15, 0.2) is 0 Å². The summed E-state index contributed by atoms with van der Waals surface area (Å²) in [6, 6.07) is 4.14. The smallest absolute Gasteiger partial charge is 0.0824 e. The molecule has 0 saturated carbocycles. The van der Waals surface area contributed by atoms with E-state index in [0.29, 0.717) is 6.54 Å². The van der Waals surface area contributed by atoms with E-state index < -0.39 is 0 Å². The second-order valence-electron chi connectivity index (χ2n) is 3.39. The standard InChI is InChI=1S/C10H12BrN3/c1-6-8-3-7(5-12)4-9(11)10(8)14(2)13-6/h3-4H,5,12H2,1-2H3. The Hall–Kier alpha value is -0.870. The van der Waals surface area contributed by atoms with Crippen molar-refractivity contribution in [3.05, 3.63) is 27.9 Å². The van der Waals surface area contributed by atoms with Gasteiger partial charge in [0, 0.05) is 23.5 Å². The molecule has 14 heavy (non-hydrogen) atoms. The average Bonchev–Trinajstić information content (AvgIpc) is 2.42. The molecule has 0 saturated heterocycles. The minimum absolute atomic E-state index is 0.558. The van der Waals surface area contributed by atoms with E-state index in [1.165, 1.54) is 5.39 Å². The fourth-order valence-corrected chi connectivity index (χ4v) is 2.47. The van der Waals surface area contributed by atoms with E-state index in [4.69, 9.17) is 5.73 Å². The zero-order valence-electron chi connectivity index (χ0n) is 8.21. The van der Waals surface area contributed by atoms with Crippen molar-refractivity contribution >= 4 is 26.8 Å². The number of halogens is 1. The van der Waals surface area contributed by atoms with Crippen LogP contribution in [-0.4, -0.2) is 9.78 Å². The van der Waals surface area contributed by atoms with Gasteiger partial charge in [-0.2, -0.15) is 5.10 Å². The fraction of sp³-hybridized carbons (Fsp3) is 0.300. The molecule has 2 rings (SSSR count). The molecule has 0 spiro atoms. The summed E-state index contributed by atoms with van der Waals surface area (Å²) in [7, 11) is 1.95. The molecule has 0 amide bonds. The van der Waals surface area contributed by atoms with Gasteiger partial charge in [-0.1, -0.05) is 0 Å². The van der Waals surface area contributed by atoms with E-state index >= 15 is 0 Å². The Balaban J connectivity index is 2.86. The first-order valence-corrected chi connectivity index (χ1v) is 5.24. The van der Waals surface area contributed by atoms with E-state index in [0.717, 1.165) is 21.2 Å². The summed E-state index contributed by atoms with van der Waals surface area (Å²) < 4.78 is 2.94. The minimum atomic E-state index is 0.558. The van der Waals surface area contributed by atoms with Crippen LogP contribution in [0.15, 0.2) is 16.6 Å². The monoisotopic (exact) mass is 253 g/mol. The van der Waals surface area contributed by atoms with Crippen molar-refractivity contribution in [3.8, 4) is 0 Å². The maximum atomic E-state index is 5.62. The number of rotatable bonds is 1. The van der Waals surface area contributed by atoms with Crippen molar-refractivity contribution in [3.63, 3.8) is 0 Å². The maximum Gasteiger partial charge on any atom is 0.0824 e. The minimum Gasteiger partial charge on any atom is -0.326 e. The predicted molar refractivity (Wildman–Crippen MR) is 61.0 cm³/mol. The molecule has 4 heteroatoms. The first-order valence-electron chi connectivity index (χ1n) is 4.45. The number of benzene rings is 1. The summed E-state index contributed by atoms with van der Waals surface area (Å²) in [5, 5.41) is 5.54. The Kier molecular flexibility index (Phi) is 2.33.